The van der Waals surface area contributed by atoms with Crippen molar-refractivity contribution in [2.75, 3.05) is 13.1 Å². The highest BCUT2D eigenvalue weighted by Gasteiger charge is 2.20. The molecule has 19 heavy (non-hydrogen) atoms. The number of piperidine rings is 1. The van der Waals surface area contributed by atoms with Gasteiger partial charge in [0.2, 0.25) is 0 Å². The third-order valence-corrected chi connectivity index (χ3v) is 4.48. The molecule has 1 aliphatic rings. The fraction of sp³-hybridized carbons (Fsp3) is 0.467. The molecule has 0 unspecified atom stereocenters. The highest BCUT2D eigenvalue weighted by atomic mass is 32.1. The van der Waals surface area contributed by atoms with Gasteiger partial charge in [0.15, 0.2) is 0 Å². The minimum atomic E-state index is 0.769. The van der Waals surface area contributed by atoms with Crippen LogP contribution in [0.1, 0.15) is 23.3 Å². The zero-order valence-electron chi connectivity index (χ0n) is 11.0. The van der Waals surface area contributed by atoms with Crippen LogP contribution in [-0.4, -0.2) is 28.0 Å². The summed E-state index contributed by atoms with van der Waals surface area (Å²) in [6.45, 7) is 3.49. The van der Waals surface area contributed by atoms with Crippen molar-refractivity contribution < 1.29 is 0 Å². The van der Waals surface area contributed by atoms with Crippen molar-refractivity contribution in [3.05, 3.63) is 46.7 Å². The molecule has 0 bridgehead atoms. The summed E-state index contributed by atoms with van der Waals surface area (Å²) in [7, 11) is 0. The first kappa shape index (κ1) is 12.8. The normalized spacial score (nSPS) is 20.5. The van der Waals surface area contributed by atoms with Gasteiger partial charge < -0.3 is 0 Å². The first-order chi connectivity index (χ1) is 9.40. The number of pyridine rings is 1. The second-order valence-corrected chi connectivity index (χ2v) is 6.25. The van der Waals surface area contributed by atoms with Gasteiger partial charge in [0, 0.05) is 36.6 Å². The number of aromatic nitrogens is 2. The molecule has 0 N–H and O–H groups in total. The van der Waals surface area contributed by atoms with Crippen molar-refractivity contribution >= 4 is 11.3 Å². The van der Waals surface area contributed by atoms with Crippen LogP contribution in [0.5, 0.6) is 0 Å². The molecule has 0 aromatic carbocycles. The van der Waals surface area contributed by atoms with Crippen LogP contribution in [0, 0.1) is 5.92 Å². The molecule has 4 heteroatoms. The van der Waals surface area contributed by atoms with Gasteiger partial charge in [0.05, 0.1) is 5.51 Å². The van der Waals surface area contributed by atoms with Crippen LogP contribution in [0.15, 0.2) is 36.2 Å². The zero-order chi connectivity index (χ0) is 12.9. The van der Waals surface area contributed by atoms with Gasteiger partial charge in [-0.1, -0.05) is 6.07 Å². The number of likely N-dealkylation sites (tertiary alicyclic amines) is 1. The van der Waals surface area contributed by atoms with E-state index in [1.54, 1.807) is 11.3 Å². The molecule has 1 saturated heterocycles. The molecule has 0 radical (unpaired) electrons. The van der Waals surface area contributed by atoms with E-state index in [1.165, 1.54) is 36.4 Å². The quantitative estimate of drug-likeness (QED) is 0.857. The fourth-order valence-electron chi connectivity index (χ4n) is 2.85. The minimum absolute atomic E-state index is 0.769. The molecule has 2 aromatic rings. The van der Waals surface area contributed by atoms with E-state index in [-0.39, 0.29) is 0 Å². The maximum absolute atomic E-state index is 4.21. The molecule has 0 saturated carbocycles. The predicted molar refractivity (Wildman–Crippen MR) is 78.1 cm³/mol. The van der Waals surface area contributed by atoms with E-state index in [1.807, 2.05) is 30.2 Å². The van der Waals surface area contributed by atoms with E-state index >= 15 is 0 Å². The zero-order valence-corrected chi connectivity index (χ0v) is 11.9. The molecule has 3 nitrogen and oxygen atoms in total. The van der Waals surface area contributed by atoms with E-state index in [9.17, 15) is 0 Å². The lowest BCUT2D eigenvalue weighted by atomic mass is 9.92. The second-order valence-electron chi connectivity index (χ2n) is 5.28. The molecule has 3 rings (SSSR count). The average molecular weight is 273 g/mol. The summed E-state index contributed by atoms with van der Waals surface area (Å²) in [6, 6.07) is 4.22. The van der Waals surface area contributed by atoms with Crippen molar-refractivity contribution in [2.24, 2.45) is 5.92 Å². The van der Waals surface area contributed by atoms with E-state index in [2.05, 4.69) is 20.9 Å². The number of hydrogen-bond donors (Lipinski definition) is 0. The Bertz CT molecular complexity index is 483. The average Bonchev–Trinajstić information content (AvgIpc) is 2.93. The van der Waals surface area contributed by atoms with Crippen molar-refractivity contribution in [1.82, 2.24) is 14.9 Å². The van der Waals surface area contributed by atoms with Gasteiger partial charge in [0.1, 0.15) is 0 Å². The molecule has 1 fully saturated rings. The smallest absolute Gasteiger partial charge is 0.0794 e. The maximum Gasteiger partial charge on any atom is 0.0794 e. The van der Waals surface area contributed by atoms with Crippen molar-refractivity contribution in [2.45, 2.75) is 25.8 Å². The van der Waals surface area contributed by atoms with E-state index in [0.29, 0.717) is 0 Å². The standard InChI is InChI=1S/C15H19N3S/c1-3-13(8-16-5-1)7-14-4-2-6-18(10-14)11-15-9-17-12-19-15/h1,3,5,8-9,12,14H,2,4,6-7,10-11H2/t14-/m0/s1. The predicted octanol–water partition coefficient (Wildman–Crippen LogP) is 2.99. The Morgan fingerprint density at radius 2 is 2.32 bits per heavy atom. The van der Waals surface area contributed by atoms with Crippen molar-refractivity contribution in [3.63, 3.8) is 0 Å². The third-order valence-electron chi connectivity index (χ3n) is 3.71. The topological polar surface area (TPSA) is 29.0 Å². The first-order valence-electron chi connectivity index (χ1n) is 6.89. The number of hydrogen-bond acceptors (Lipinski definition) is 4. The summed E-state index contributed by atoms with van der Waals surface area (Å²) >= 11 is 1.76. The lowest BCUT2D eigenvalue weighted by Crippen LogP contribution is -2.35. The number of nitrogens with zero attached hydrogens (tertiary/aromatic N) is 3. The molecule has 3 heterocycles. The Morgan fingerprint density at radius 3 is 3.11 bits per heavy atom. The summed E-state index contributed by atoms with van der Waals surface area (Å²) in [5, 5.41) is 0. The fourth-order valence-corrected chi connectivity index (χ4v) is 3.49. The molecule has 1 aliphatic heterocycles. The van der Waals surface area contributed by atoms with Gasteiger partial charge in [-0.15, -0.1) is 11.3 Å². The summed E-state index contributed by atoms with van der Waals surface area (Å²) in [4.78, 5) is 12.3. The van der Waals surface area contributed by atoms with Crippen LogP contribution < -0.4 is 0 Å². The van der Waals surface area contributed by atoms with E-state index in [0.717, 1.165) is 18.9 Å². The van der Waals surface area contributed by atoms with Crippen LogP contribution >= 0.6 is 11.3 Å². The van der Waals surface area contributed by atoms with Crippen LogP contribution in [0.25, 0.3) is 0 Å². The Labute approximate surface area is 118 Å². The van der Waals surface area contributed by atoms with Gasteiger partial charge in [-0.25, -0.2) is 0 Å². The molecular formula is C15H19N3S. The van der Waals surface area contributed by atoms with E-state index in [4.69, 9.17) is 0 Å². The Kier molecular flexibility index (Phi) is 4.20. The van der Waals surface area contributed by atoms with Crippen molar-refractivity contribution in [3.8, 4) is 0 Å². The molecule has 1 atom stereocenters. The van der Waals surface area contributed by atoms with Gasteiger partial charge in [0.25, 0.3) is 0 Å². The van der Waals surface area contributed by atoms with Crippen molar-refractivity contribution in [1.29, 1.82) is 0 Å². The van der Waals surface area contributed by atoms with Crippen LogP contribution in [0.3, 0.4) is 0 Å². The monoisotopic (exact) mass is 273 g/mol. The highest BCUT2D eigenvalue weighted by molar-refractivity contribution is 7.09. The molecule has 100 valence electrons. The van der Waals surface area contributed by atoms with Gasteiger partial charge in [-0.3, -0.25) is 14.9 Å². The largest absolute Gasteiger partial charge is 0.298 e. The summed E-state index contributed by atoms with van der Waals surface area (Å²) in [5.74, 6) is 0.769. The SMILES string of the molecule is c1cncc(C[C@@H]2CCCN(Cc3cncs3)C2)c1. The maximum atomic E-state index is 4.21. The molecule has 0 spiro atoms. The van der Waals surface area contributed by atoms with Crippen LogP contribution in [0.2, 0.25) is 0 Å². The van der Waals surface area contributed by atoms with E-state index < -0.39 is 0 Å². The van der Waals surface area contributed by atoms with Crippen LogP contribution in [0.4, 0.5) is 0 Å². The molecule has 2 aromatic heterocycles. The summed E-state index contributed by atoms with van der Waals surface area (Å²) in [5.41, 5.74) is 3.29. The lowest BCUT2D eigenvalue weighted by Gasteiger charge is -2.32. The van der Waals surface area contributed by atoms with Gasteiger partial charge in [-0.2, -0.15) is 0 Å². The first-order valence-corrected chi connectivity index (χ1v) is 7.77. The van der Waals surface area contributed by atoms with Gasteiger partial charge in [-0.05, 0) is 43.4 Å². The summed E-state index contributed by atoms with van der Waals surface area (Å²) in [6.07, 6.45) is 9.66. The number of thiazole rings is 1. The Hall–Kier alpha value is -1.26. The molecular weight excluding hydrogens is 254 g/mol. The van der Waals surface area contributed by atoms with Crippen LogP contribution in [-0.2, 0) is 13.0 Å². The minimum Gasteiger partial charge on any atom is -0.298 e. The summed E-state index contributed by atoms with van der Waals surface area (Å²) < 4.78 is 0. The Morgan fingerprint density at radius 1 is 1.32 bits per heavy atom. The van der Waals surface area contributed by atoms with Gasteiger partial charge >= 0.3 is 0 Å². The second kappa shape index (κ2) is 6.26. The third kappa shape index (κ3) is 3.61. The highest BCUT2D eigenvalue weighted by Crippen LogP contribution is 2.22. The molecule has 0 amide bonds. The Balaban J connectivity index is 1.56. The number of rotatable bonds is 4. The molecule has 0 aliphatic carbocycles. The lowest BCUT2D eigenvalue weighted by molar-refractivity contribution is 0.168.